The van der Waals surface area contributed by atoms with Gasteiger partial charge in [0, 0.05) is 42.8 Å². The second-order valence-electron chi connectivity index (χ2n) is 4.39. The molecule has 1 aliphatic heterocycles. The first kappa shape index (κ1) is 17.9. The van der Waals surface area contributed by atoms with Gasteiger partial charge in [0.15, 0.2) is 0 Å². The van der Waals surface area contributed by atoms with Crippen LogP contribution in [0.4, 0.5) is 14.9 Å². The van der Waals surface area contributed by atoms with Gasteiger partial charge in [-0.15, -0.1) is 0 Å². The fourth-order valence-electron chi connectivity index (χ4n) is 1.99. The van der Waals surface area contributed by atoms with E-state index < -0.39 is 16.1 Å². The number of ether oxygens (including phenoxy) is 1. The molecule has 1 unspecified atom stereocenters. The highest BCUT2D eigenvalue weighted by Crippen LogP contribution is 2.40. The van der Waals surface area contributed by atoms with Crippen LogP contribution in [-0.2, 0) is 4.74 Å². The molecule has 0 aromatic heterocycles. The summed E-state index contributed by atoms with van der Waals surface area (Å²) in [5, 5.41) is 0.483. The maximum atomic E-state index is 13.4. The lowest BCUT2D eigenvalue weighted by Gasteiger charge is -2.22. The summed E-state index contributed by atoms with van der Waals surface area (Å²) in [5.41, 5.74) is 3.41. The zero-order chi connectivity index (χ0) is 16.3. The molecule has 0 radical (unpaired) electrons. The van der Waals surface area contributed by atoms with Crippen molar-refractivity contribution < 1.29 is 13.9 Å². The summed E-state index contributed by atoms with van der Waals surface area (Å²) < 4.78 is 16.7. The van der Waals surface area contributed by atoms with Crippen LogP contribution in [0.3, 0.4) is 0 Å². The van der Waals surface area contributed by atoms with E-state index in [2.05, 4.69) is 5.43 Å². The molecule has 0 spiro atoms. The van der Waals surface area contributed by atoms with Crippen LogP contribution in [0.2, 0.25) is 5.02 Å². The van der Waals surface area contributed by atoms with Crippen molar-refractivity contribution in [1.82, 2.24) is 9.84 Å². The zero-order valence-electron chi connectivity index (χ0n) is 11.4. The number of carbonyl (C=O) groups is 1. The Morgan fingerprint density at radius 2 is 2.23 bits per heavy atom. The Kier molecular flexibility index (Phi) is 6.04. The Morgan fingerprint density at radius 3 is 2.82 bits per heavy atom. The van der Waals surface area contributed by atoms with E-state index in [0.29, 0.717) is 35.7 Å². The molecule has 122 valence electrons. The van der Waals surface area contributed by atoms with E-state index in [4.69, 9.17) is 39.5 Å². The molecular weight excluding hydrogens is 376 g/mol. The summed E-state index contributed by atoms with van der Waals surface area (Å²) in [4.78, 5) is 13.9. The van der Waals surface area contributed by atoms with Crippen molar-refractivity contribution in [1.29, 1.82) is 0 Å². The van der Waals surface area contributed by atoms with E-state index in [1.807, 2.05) is 0 Å². The molecule has 1 atom stereocenters. The number of alkyl halides is 3. The largest absolute Gasteiger partial charge is 0.385 e. The molecular formula is C12H13Cl3FN3O2S. The number of hydrazine groups is 1. The molecule has 1 saturated heterocycles. The average molecular weight is 389 g/mol. The van der Waals surface area contributed by atoms with Crippen molar-refractivity contribution in [3.05, 3.63) is 29.3 Å². The maximum absolute atomic E-state index is 13.4. The Balaban J connectivity index is 2.24. The third-order valence-electron chi connectivity index (χ3n) is 2.83. The van der Waals surface area contributed by atoms with E-state index in [0.717, 1.165) is 4.41 Å². The summed E-state index contributed by atoms with van der Waals surface area (Å²) in [5.74, 6) is 0. The molecule has 1 aromatic rings. The minimum absolute atomic E-state index is 0.334. The van der Waals surface area contributed by atoms with Gasteiger partial charge < -0.3 is 4.74 Å². The first-order valence-corrected chi connectivity index (χ1v) is 8.12. The second-order valence-corrected chi connectivity index (χ2v) is 7.62. The van der Waals surface area contributed by atoms with E-state index in [1.165, 1.54) is 4.90 Å². The number of anilines is 1. The fourth-order valence-corrected chi connectivity index (χ4v) is 3.13. The molecule has 2 amide bonds. The average Bonchev–Trinajstić information content (AvgIpc) is 2.71. The SMILES string of the molecule is COCCC1NN(SC(F)(Cl)Cl)C(=O)N1c1cccc(Cl)c1. The molecule has 1 heterocycles. The Labute approximate surface area is 146 Å². The molecule has 0 saturated carbocycles. The molecule has 1 aromatic carbocycles. The van der Waals surface area contributed by atoms with Gasteiger partial charge in [0.2, 0.25) is 0 Å². The molecule has 5 nitrogen and oxygen atoms in total. The first-order valence-electron chi connectivity index (χ1n) is 6.21. The quantitative estimate of drug-likeness (QED) is 0.587. The third-order valence-corrected chi connectivity index (χ3v) is 4.13. The van der Waals surface area contributed by atoms with E-state index in [1.54, 1.807) is 31.4 Å². The number of nitrogens with one attached hydrogen (secondary N) is 1. The van der Waals surface area contributed by atoms with Crippen molar-refractivity contribution >= 4 is 58.5 Å². The maximum Gasteiger partial charge on any atom is 0.350 e. The van der Waals surface area contributed by atoms with E-state index >= 15 is 0 Å². The van der Waals surface area contributed by atoms with Gasteiger partial charge in [-0.25, -0.2) is 4.79 Å². The van der Waals surface area contributed by atoms with Crippen LogP contribution >= 0.6 is 46.8 Å². The Hall–Kier alpha value is -0.440. The van der Waals surface area contributed by atoms with Gasteiger partial charge in [0.05, 0.1) is 0 Å². The molecule has 1 fully saturated rings. The monoisotopic (exact) mass is 387 g/mol. The summed E-state index contributed by atoms with van der Waals surface area (Å²) in [6.07, 6.45) is 0.0458. The standard InChI is InChI=1S/C12H13Cl3FN3O2S/c1-21-6-5-10-17-19(22-12(14,15)16)11(20)18(10)9-4-2-3-8(13)7-9/h2-4,7,10,17H,5-6H2,1H3. The molecule has 2 rings (SSSR count). The van der Waals surface area contributed by atoms with Crippen molar-refractivity contribution in [2.75, 3.05) is 18.6 Å². The van der Waals surface area contributed by atoms with Crippen molar-refractivity contribution in [2.45, 2.75) is 16.5 Å². The van der Waals surface area contributed by atoms with Crippen LogP contribution < -0.4 is 10.3 Å². The number of methoxy groups -OCH3 is 1. The number of nitrogens with zero attached hydrogens (tertiary/aromatic N) is 2. The lowest BCUT2D eigenvalue weighted by atomic mass is 10.2. The fraction of sp³-hybridized carbons (Fsp3) is 0.417. The molecule has 22 heavy (non-hydrogen) atoms. The van der Waals surface area contributed by atoms with Crippen LogP contribution in [0.25, 0.3) is 0 Å². The van der Waals surface area contributed by atoms with Gasteiger partial charge in [-0.3, -0.25) is 4.90 Å². The normalized spacial score (nSPS) is 19.1. The van der Waals surface area contributed by atoms with Gasteiger partial charge >= 0.3 is 9.95 Å². The zero-order valence-corrected chi connectivity index (χ0v) is 14.5. The molecule has 10 heteroatoms. The number of hydrogen-bond donors (Lipinski definition) is 1. The van der Waals surface area contributed by atoms with Gasteiger partial charge in [-0.1, -0.05) is 40.9 Å². The lowest BCUT2D eigenvalue weighted by molar-refractivity contribution is 0.182. The van der Waals surface area contributed by atoms with Crippen molar-refractivity contribution in [2.24, 2.45) is 0 Å². The highest BCUT2D eigenvalue weighted by molar-refractivity contribution is 8.01. The number of amides is 2. The third kappa shape index (κ3) is 4.53. The Morgan fingerprint density at radius 1 is 1.50 bits per heavy atom. The summed E-state index contributed by atoms with van der Waals surface area (Å²) in [6, 6.07) is 6.27. The van der Waals surface area contributed by atoms with Crippen LogP contribution in [0, 0.1) is 0 Å². The summed E-state index contributed by atoms with van der Waals surface area (Å²) in [6.45, 7) is 0.406. The summed E-state index contributed by atoms with van der Waals surface area (Å²) >= 11 is 16.9. The van der Waals surface area contributed by atoms with Gasteiger partial charge in [-0.05, 0) is 18.2 Å². The van der Waals surface area contributed by atoms with Crippen molar-refractivity contribution in [3.63, 3.8) is 0 Å². The van der Waals surface area contributed by atoms with E-state index in [9.17, 15) is 9.18 Å². The second kappa shape index (κ2) is 7.42. The predicted molar refractivity (Wildman–Crippen MR) is 87.7 cm³/mol. The highest BCUT2D eigenvalue weighted by atomic mass is 35.5. The lowest BCUT2D eigenvalue weighted by Crippen LogP contribution is -2.38. The first-order chi connectivity index (χ1) is 10.3. The highest BCUT2D eigenvalue weighted by Gasteiger charge is 2.42. The van der Waals surface area contributed by atoms with Gasteiger partial charge in [-0.2, -0.15) is 14.2 Å². The Bertz CT molecular complexity index is 547. The number of halogens is 4. The van der Waals surface area contributed by atoms with Crippen LogP contribution in [-0.4, -0.2) is 34.2 Å². The van der Waals surface area contributed by atoms with Crippen LogP contribution in [0.15, 0.2) is 24.3 Å². The van der Waals surface area contributed by atoms with Gasteiger partial charge in [0.1, 0.15) is 6.17 Å². The number of hydrogen-bond acceptors (Lipinski definition) is 4. The molecule has 0 aliphatic carbocycles. The predicted octanol–water partition coefficient (Wildman–Crippen LogP) is 4.16. The number of benzene rings is 1. The van der Waals surface area contributed by atoms with Crippen LogP contribution in [0.5, 0.6) is 0 Å². The van der Waals surface area contributed by atoms with Crippen molar-refractivity contribution in [3.8, 4) is 0 Å². The number of urea groups is 1. The van der Waals surface area contributed by atoms with Crippen LogP contribution in [0.1, 0.15) is 6.42 Å². The molecule has 1 aliphatic rings. The molecule has 0 bridgehead atoms. The molecule has 1 N–H and O–H groups in total. The van der Waals surface area contributed by atoms with E-state index in [-0.39, 0.29) is 0 Å². The topological polar surface area (TPSA) is 44.8 Å². The smallest absolute Gasteiger partial charge is 0.350 e. The minimum atomic E-state index is -2.63. The summed E-state index contributed by atoms with van der Waals surface area (Å²) in [7, 11) is 1.55. The number of carbonyl (C=O) groups excluding carboxylic acids is 1. The minimum Gasteiger partial charge on any atom is -0.385 e. The number of rotatable bonds is 6. The van der Waals surface area contributed by atoms with Gasteiger partial charge in [0.25, 0.3) is 0 Å².